The van der Waals surface area contributed by atoms with Crippen molar-refractivity contribution in [2.75, 3.05) is 27.2 Å². The van der Waals surface area contributed by atoms with Crippen molar-refractivity contribution in [3.8, 4) is 0 Å². The molecule has 1 fully saturated rings. The minimum absolute atomic E-state index is 0.0164. The van der Waals surface area contributed by atoms with Crippen LogP contribution in [0.3, 0.4) is 0 Å². The number of hydrogen-bond acceptors (Lipinski definition) is 4. The van der Waals surface area contributed by atoms with Gasteiger partial charge in [-0.2, -0.15) is 0 Å². The van der Waals surface area contributed by atoms with E-state index >= 15 is 0 Å². The number of rotatable bonds is 8. The summed E-state index contributed by atoms with van der Waals surface area (Å²) in [5.41, 5.74) is 0.659. The average Bonchev–Trinajstić information content (AvgIpc) is 3.00. The summed E-state index contributed by atoms with van der Waals surface area (Å²) < 4.78 is 0. The van der Waals surface area contributed by atoms with E-state index in [2.05, 4.69) is 10.6 Å². The molecule has 158 valence electrons. The summed E-state index contributed by atoms with van der Waals surface area (Å²) in [6.07, 6.45) is 0.399. The lowest BCUT2D eigenvalue weighted by molar-refractivity contribution is -0.135. The summed E-state index contributed by atoms with van der Waals surface area (Å²) in [6.45, 7) is 1.90. The van der Waals surface area contributed by atoms with E-state index in [0.717, 1.165) is 10.5 Å². The molecule has 1 saturated heterocycles. The van der Waals surface area contributed by atoms with Gasteiger partial charge in [0.05, 0.1) is 6.04 Å². The Labute approximate surface area is 177 Å². The molecule has 1 aliphatic rings. The third-order valence-electron chi connectivity index (χ3n) is 5.57. The number of hydrogen-bond donors (Lipinski definition) is 2. The highest BCUT2D eigenvalue weighted by molar-refractivity contribution is 6.09. The van der Waals surface area contributed by atoms with Crippen molar-refractivity contribution in [3.63, 3.8) is 0 Å². The number of amides is 4. The largest absolute Gasteiger partial charge is 0.353 e. The standard InChI is InChI=1S/C23H28N4O3/c1-4-23(18-13-9-6-10-14-18)21(29)27(22(30)25-23)16-20(28)24-15-19(26(2)3)17-11-7-5-8-12-17/h5-14,19H,4,15-16H2,1-3H3,(H,24,28)(H,25,30). The number of imide groups is 1. The van der Waals surface area contributed by atoms with Crippen molar-refractivity contribution in [1.29, 1.82) is 0 Å². The van der Waals surface area contributed by atoms with E-state index in [0.29, 0.717) is 18.5 Å². The van der Waals surface area contributed by atoms with Gasteiger partial charge in [0.2, 0.25) is 5.91 Å². The lowest BCUT2D eigenvalue weighted by Crippen LogP contribution is -2.45. The van der Waals surface area contributed by atoms with E-state index in [1.165, 1.54) is 0 Å². The molecule has 0 aromatic heterocycles. The molecule has 2 N–H and O–H groups in total. The topological polar surface area (TPSA) is 81.8 Å². The minimum Gasteiger partial charge on any atom is -0.353 e. The first kappa shape index (κ1) is 21.5. The zero-order valence-corrected chi connectivity index (χ0v) is 17.6. The molecule has 0 bridgehead atoms. The molecular formula is C23H28N4O3. The molecule has 3 rings (SSSR count). The second-order valence-corrected chi connectivity index (χ2v) is 7.64. The van der Waals surface area contributed by atoms with Gasteiger partial charge in [-0.1, -0.05) is 67.6 Å². The van der Waals surface area contributed by atoms with Crippen LogP contribution in [0.5, 0.6) is 0 Å². The zero-order valence-electron chi connectivity index (χ0n) is 17.6. The number of carbonyl (C=O) groups excluding carboxylic acids is 3. The maximum absolute atomic E-state index is 13.1. The predicted octanol–water partition coefficient (Wildman–Crippen LogP) is 2.26. The molecule has 2 aromatic rings. The Bertz CT molecular complexity index is 901. The molecule has 2 aromatic carbocycles. The molecule has 2 unspecified atom stereocenters. The fourth-order valence-corrected chi connectivity index (χ4v) is 3.82. The van der Waals surface area contributed by atoms with E-state index in [1.807, 2.05) is 86.6 Å². The van der Waals surface area contributed by atoms with E-state index in [1.54, 1.807) is 0 Å². The van der Waals surface area contributed by atoms with Crippen molar-refractivity contribution < 1.29 is 14.4 Å². The molecule has 30 heavy (non-hydrogen) atoms. The molecule has 0 saturated carbocycles. The second-order valence-electron chi connectivity index (χ2n) is 7.64. The lowest BCUT2D eigenvalue weighted by Gasteiger charge is -2.26. The second kappa shape index (κ2) is 9.09. The van der Waals surface area contributed by atoms with Crippen LogP contribution in [0.25, 0.3) is 0 Å². The minimum atomic E-state index is -1.13. The molecule has 1 heterocycles. The normalized spacial score (nSPS) is 19.7. The highest BCUT2D eigenvalue weighted by Crippen LogP contribution is 2.32. The highest BCUT2D eigenvalue weighted by atomic mass is 16.2. The van der Waals surface area contributed by atoms with Gasteiger partial charge in [0.25, 0.3) is 5.91 Å². The quantitative estimate of drug-likeness (QED) is 0.657. The van der Waals surface area contributed by atoms with Crippen LogP contribution in [0.1, 0.15) is 30.5 Å². The number of likely N-dealkylation sites (N-methyl/N-ethyl adjacent to an activating group) is 1. The smallest absolute Gasteiger partial charge is 0.325 e. The first-order valence-corrected chi connectivity index (χ1v) is 10.1. The van der Waals surface area contributed by atoms with E-state index in [9.17, 15) is 14.4 Å². The van der Waals surface area contributed by atoms with Gasteiger partial charge in [0.15, 0.2) is 0 Å². The van der Waals surface area contributed by atoms with E-state index in [-0.39, 0.29) is 18.5 Å². The van der Waals surface area contributed by atoms with Crippen LogP contribution in [-0.4, -0.2) is 54.8 Å². The van der Waals surface area contributed by atoms with Crippen LogP contribution in [0.4, 0.5) is 4.79 Å². The molecule has 7 nitrogen and oxygen atoms in total. The van der Waals surface area contributed by atoms with Crippen molar-refractivity contribution in [2.24, 2.45) is 0 Å². The molecular weight excluding hydrogens is 380 g/mol. The maximum Gasteiger partial charge on any atom is 0.325 e. The Morgan fingerprint density at radius 2 is 1.67 bits per heavy atom. The van der Waals surface area contributed by atoms with Gasteiger partial charge in [-0.25, -0.2) is 4.79 Å². The van der Waals surface area contributed by atoms with E-state index in [4.69, 9.17) is 0 Å². The zero-order chi connectivity index (χ0) is 21.7. The lowest BCUT2D eigenvalue weighted by atomic mass is 9.87. The fraction of sp³-hybridized carbons (Fsp3) is 0.348. The van der Waals surface area contributed by atoms with Crippen molar-refractivity contribution in [3.05, 3.63) is 71.8 Å². The van der Waals surface area contributed by atoms with Crippen LogP contribution < -0.4 is 10.6 Å². The molecule has 0 spiro atoms. The molecule has 0 aliphatic carbocycles. The highest BCUT2D eigenvalue weighted by Gasteiger charge is 2.51. The molecule has 7 heteroatoms. The summed E-state index contributed by atoms with van der Waals surface area (Å²) in [5, 5.41) is 5.66. The summed E-state index contributed by atoms with van der Waals surface area (Å²) in [5.74, 6) is -0.773. The molecule has 0 radical (unpaired) electrons. The summed E-state index contributed by atoms with van der Waals surface area (Å²) in [4.78, 5) is 41.3. The number of nitrogens with one attached hydrogen (secondary N) is 2. The van der Waals surface area contributed by atoms with Gasteiger partial charge in [-0.15, -0.1) is 0 Å². The van der Waals surface area contributed by atoms with Crippen molar-refractivity contribution in [1.82, 2.24) is 20.4 Å². The first-order valence-electron chi connectivity index (χ1n) is 10.1. The Kier molecular flexibility index (Phi) is 6.52. The summed E-state index contributed by atoms with van der Waals surface area (Å²) in [7, 11) is 3.88. The van der Waals surface area contributed by atoms with Crippen LogP contribution in [0.15, 0.2) is 60.7 Å². The Morgan fingerprint density at radius 3 is 2.23 bits per heavy atom. The number of carbonyl (C=O) groups is 3. The Morgan fingerprint density at radius 1 is 1.07 bits per heavy atom. The third-order valence-corrected chi connectivity index (χ3v) is 5.57. The number of nitrogens with zero attached hydrogens (tertiary/aromatic N) is 2. The predicted molar refractivity (Wildman–Crippen MR) is 115 cm³/mol. The van der Waals surface area contributed by atoms with Gasteiger partial charge in [-0.05, 0) is 31.6 Å². The summed E-state index contributed by atoms with van der Waals surface area (Å²) >= 11 is 0. The molecule has 2 atom stereocenters. The Balaban J connectivity index is 1.68. The average molecular weight is 409 g/mol. The SMILES string of the molecule is CCC1(c2ccccc2)NC(=O)N(CC(=O)NCC(c2ccccc2)N(C)C)C1=O. The van der Waals surface area contributed by atoms with Crippen LogP contribution in [0.2, 0.25) is 0 Å². The molecule has 1 aliphatic heterocycles. The van der Waals surface area contributed by atoms with Gasteiger partial charge >= 0.3 is 6.03 Å². The van der Waals surface area contributed by atoms with Crippen LogP contribution in [-0.2, 0) is 15.1 Å². The summed E-state index contributed by atoms with van der Waals surface area (Å²) in [6, 6.07) is 18.4. The van der Waals surface area contributed by atoms with Gasteiger partial charge in [-0.3, -0.25) is 14.5 Å². The van der Waals surface area contributed by atoms with Crippen LogP contribution >= 0.6 is 0 Å². The van der Waals surface area contributed by atoms with Gasteiger partial charge < -0.3 is 15.5 Å². The third kappa shape index (κ3) is 4.21. The fourth-order valence-electron chi connectivity index (χ4n) is 3.82. The van der Waals surface area contributed by atoms with Gasteiger partial charge in [0, 0.05) is 6.54 Å². The van der Waals surface area contributed by atoms with Crippen LogP contribution in [0, 0.1) is 0 Å². The van der Waals surface area contributed by atoms with Crippen molar-refractivity contribution >= 4 is 17.8 Å². The Hall–Kier alpha value is -3.19. The van der Waals surface area contributed by atoms with Gasteiger partial charge in [0.1, 0.15) is 12.1 Å². The number of benzene rings is 2. The van der Waals surface area contributed by atoms with Crippen molar-refractivity contribution in [2.45, 2.75) is 24.9 Å². The van der Waals surface area contributed by atoms with E-state index < -0.39 is 17.5 Å². The monoisotopic (exact) mass is 408 g/mol. The number of urea groups is 1. The molecule has 4 amide bonds. The maximum atomic E-state index is 13.1. The first-order chi connectivity index (χ1) is 14.4.